The van der Waals surface area contributed by atoms with E-state index in [0.717, 1.165) is 28.2 Å². The van der Waals surface area contributed by atoms with Gasteiger partial charge in [0.05, 0.1) is 23.3 Å². The maximum absolute atomic E-state index is 14.8. The molecule has 0 fully saturated rings. The Kier molecular flexibility index (Phi) is 4.72. The molecule has 0 radical (unpaired) electrons. The van der Waals surface area contributed by atoms with Gasteiger partial charge in [-0.2, -0.15) is 5.10 Å². The van der Waals surface area contributed by atoms with Gasteiger partial charge in [0.2, 0.25) is 0 Å². The summed E-state index contributed by atoms with van der Waals surface area (Å²) in [6, 6.07) is 14.2. The van der Waals surface area contributed by atoms with E-state index in [2.05, 4.69) is 20.2 Å². The summed E-state index contributed by atoms with van der Waals surface area (Å²) in [7, 11) is 0. The van der Waals surface area contributed by atoms with Crippen LogP contribution < -0.4 is 0 Å². The van der Waals surface area contributed by atoms with Crippen molar-refractivity contribution in [1.29, 1.82) is 0 Å². The fraction of sp³-hybridized carbons (Fsp3) is 0.174. The maximum atomic E-state index is 14.8. The molecule has 0 saturated carbocycles. The first-order valence-electron chi connectivity index (χ1n) is 9.30. The number of hydrogen-bond donors (Lipinski definition) is 2. The SMILES string of the molecule is Cc1cccc(-c2[nH]ncc2-c2ccc(F)c(-c3cccnc3C(C)(C)O)c2)n1. The Morgan fingerprint density at radius 1 is 1.00 bits per heavy atom. The zero-order valence-corrected chi connectivity index (χ0v) is 16.4. The number of aromatic amines is 1. The molecule has 0 atom stereocenters. The van der Waals surface area contributed by atoms with E-state index in [0.29, 0.717) is 16.8 Å². The van der Waals surface area contributed by atoms with E-state index in [4.69, 9.17) is 0 Å². The third kappa shape index (κ3) is 3.67. The predicted molar refractivity (Wildman–Crippen MR) is 110 cm³/mol. The summed E-state index contributed by atoms with van der Waals surface area (Å²) >= 11 is 0. The Morgan fingerprint density at radius 2 is 1.83 bits per heavy atom. The number of aromatic nitrogens is 4. The Morgan fingerprint density at radius 3 is 2.59 bits per heavy atom. The van der Waals surface area contributed by atoms with Crippen LogP contribution in [0.15, 0.2) is 60.9 Å². The summed E-state index contributed by atoms with van der Waals surface area (Å²) in [6.45, 7) is 5.20. The molecule has 0 aliphatic heterocycles. The van der Waals surface area contributed by atoms with E-state index >= 15 is 0 Å². The molecule has 0 unspecified atom stereocenters. The van der Waals surface area contributed by atoms with Gasteiger partial charge in [0.15, 0.2) is 0 Å². The van der Waals surface area contributed by atoms with Crippen molar-refractivity contribution < 1.29 is 9.50 Å². The molecule has 3 heterocycles. The zero-order chi connectivity index (χ0) is 20.6. The highest BCUT2D eigenvalue weighted by atomic mass is 19.1. The second-order valence-electron chi connectivity index (χ2n) is 7.48. The number of pyridine rings is 2. The molecule has 0 bridgehead atoms. The molecule has 0 saturated heterocycles. The topological polar surface area (TPSA) is 74.7 Å². The monoisotopic (exact) mass is 388 g/mol. The van der Waals surface area contributed by atoms with Gasteiger partial charge in [-0.15, -0.1) is 0 Å². The minimum Gasteiger partial charge on any atom is -0.384 e. The van der Waals surface area contributed by atoms with Crippen molar-refractivity contribution in [2.45, 2.75) is 26.4 Å². The molecule has 1 aromatic carbocycles. The van der Waals surface area contributed by atoms with Gasteiger partial charge < -0.3 is 5.11 Å². The molecule has 0 amide bonds. The van der Waals surface area contributed by atoms with Crippen molar-refractivity contribution in [2.24, 2.45) is 0 Å². The summed E-state index contributed by atoms with van der Waals surface area (Å²) < 4.78 is 14.8. The van der Waals surface area contributed by atoms with Crippen molar-refractivity contribution in [1.82, 2.24) is 20.2 Å². The van der Waals surface area contributed by atoms with Crippen LogP contribution in [0.3, 0.4) is 0 Å². The number of nitrogens with one attached hydrogen (secondary N) is 1. The van der Waals surface area contributed by atoms with Crippen molar-refractivity contribution in [3.63, 3.8) is 0 Å². The lowest BCUT2D eigenvalue weighted by Gasteiger charge is -2.20. The second kappa shape index (κ2) is 7.22. The van der Waals surface area contributed by atoms with Crippen molar-refractivity contribution >= 4 is 0 Å². The molecule has 2 N–H and O–H groups in total. The summed E-state index contributed by atoms with van der Waals surface area (Å²) in [5.41, 5.74) is 4.18. The van der Waals surface area contributed by atoms with Gasteiger partial charge in [-0.05, 0) is 56.7 Å². The lowest BCUT2D eigenvalue weighted by atomic mass is 9.92. The molecule has 6 heteroatoms. The van der Waals surface area contributed by atoms with Crippen LogP contribution in [0.5, 0.6) is 0 Å². The standard InChI is InChI=1S/C23H21FN4O/c1-14-6-4-8-20(27-14)21-18(13-26-28-21)15-9-10-19(24)17(12-15)16-7-5-11-25-22(16)23(2,3)29/h4-13,29H,1-3H3,(H,26,28). The number of aryl methyl sites for hydroxylation is 1. The number of benzene rings is 1. The smallest absolute Gasteiger partial charge is 0.131 e. The first-order valence-corrected chi connectivity index (χ1v) is 9.30. The second-order valence-corrected chi connectivity index (χ2v) is 7.48. The average molecular weight is 388 g/mol. The minimum atomic E-state index is -1.20. The van der Waals surface area contributed by atoms with Crippen molar-refractivity contribution in [3.8, 4) is 33.6 Å². The molecule has 4 rings (SSSR count). The predicted octanol–water partition coefficient (Wildman–Crippen LogP) is 4.88. The lowest BCUT2D eigenvalue weighted by molar-refractivity contribution is 0.0745. The molecular weight excluding hydrogens is 367 g/mol. The fourth-order valence-electron chi connectivity index (χ4n) is 3.39. The normalized spacial score (nSPS) is 11.6. The van der Waals surface area contributed by atoms with Crippen LogP contribution in [-0.4, -0.2) is 25.3 Å². The Bertz CT molecular complexity index is 1180. The third-order valence-electron chi connectivity index (χ3n) is 4.74. The maximum Gasteiger partial charge on any atom is 0.131 e. The van der Waals surface area contributed by atoms with Crippen LogP contribution in [0.1, 0.15) is 25.2 Å². The summed E-state index contributed by atoms with van der Waals surface area (Å²) in [5.74, 6) is -0.383. The summed E-state index contributed by atoms with van der Waals surface area (Å²) in [4.78, 5) is 8.85. The van der Waals surface area contributed by atoms with Gasteiger partial charge in [0, 0.05) is 28.6 Å². The minimum absolute atomic E-state index is 0.372. The highest BCUT2D eigenvalue weighted by Crippen LogP contribution is 2.36. The van der Waals surface area contributed by atoms with E-state index in [-0.39, 0.29) is 5.82 Å². The van der Waals surface area contributed by atoms with Crippen LogP contribution in [0.4, 0.5) is 4.39 Å². The zero-order valence-electron chi connectivity index (χ0n) is 16.4. The Hall–Kier alpha value is -3.38. The summed E-state index contributed by atoms with van der Waals surface area (Å²) in [6.07, 6.45) is 3.30. The van der Waals surface area contributed by atoms with Crippen molar-refractivity contribution in [2.75, 3.05) is 0 Å². The number of rotatable bonds is 4. The Labute approximate surface area is 168 Å². The molecule has 29 heavy (non-hydrogen) atoms. The molecule has 146 valence electrons. The molecule has 4 aromatic rings. The van der Waals surface area contributed by atoms with Gasteiger partial charge in [-0.3, -0.25) is 15.1 Å². The van der Waals surface area contributed by atoms with Crippen LogP contribution in [-0.2, 0) is 5.60 Å². The number of halogens is 1. The lowest BCUT2D eigenvalue weighted by Crippen LogP contribution is -2.18. The van der Waals surface area contributed by atoms with E-state index in [1.807, 2.05) is 25.1 Å². The molecular formula is C23H21FN4O. The number of nitrogens with zero attached hydrogens (tertiary/aromatic N) is 3. The van der Waals surface area contributed by atoms with Crippen molar-refractivity contribution in [3.05, 3.63) is 78.1 Å². The van der Waals surface area contributed by atoms with E-state index in [1.165, 1.54) is 6.07 Å². The molecule has 0 spiro atoms. The van der Waals surface area contributed by atoms with Crippen LogP contribution >= 0.6 is 0 Å². The number of hydrogen-bond acceptors (Lipinski definition) is 4. The number of H-pyrrole nitrogens is 1. The summed E-state index contributed by atoms with van der Waals surface area (Å²) in [5, 5.41) is 17.7. The van der Waals surface area contributed by atoms with Gasteiger partial charge >= 0.3 is 0 Å². The van der Waals surface area contributed by atoms with E-state index < -0.39 is 5.60 Å². The van der Waals surface area contributed by atoms with E-state index in [1.54, 1.807) is 50.5 Å². The van der Waals surface area contributed by atoms with Gasteiger partial charge in [0.25, 0.3) is 0 Å². The molecule has 0 aliphatic carbocycles. The van der Waals surface area contributed by atoms with Gasteiger partial charge in [-0.25, -0.2) is 4.39 Å². The highest BCUT2D eigenvalue weighted by Gasteiger charge is 2.24. The molecule has 3 aromatic heterocycles. The number of aliphatic hydroxyl groups is 1. The van der Waals surface area contributed by atoms with Crippen LogP contribution in [0.25, 0.3) is 33.6 Å². The van der Waals surface area contributed by atoms with E-state index in [9.17, 15) is 9.50 Å². The fourth-order valence-corrected chi connectivity index (χ4v) is 3.39. The molecule has 5 nitrogen and oxygen atoms in total. The first-order chi connectivity index (χ1) is 13.8. The largest absolute Gasteiger partial charge is 0.384 e. The van der Waals surface area contributed by atoms with Crippen LogP contribution in [0.2, 0.25) is 0 Å². The average Bonchev–Trinajstić information content (AvgIpc) is 3.18. The van der Waals surface area contributed by atoms with Gasteiger partial charge in [0.1, 0.15) is 11.4 Å². The highest BCUT2D eigenvalue weighted by molar-refractivity contribution is 5.82. The quantitative estimate of drug-likeness (QED) is 0.523. The van der Waals surface area contributed by atoms with Gasteiger partial charge in [-0.1, -0.05) is 18.2 Å². The first kappa shape index (κ1) is 19.0. The third-order valence-corrected chi connectivity index (χ3v) is 4.74. The Balaban J connectivity index is 1.87. The van der Waals surface area contributed by atoms with Crippen LogP contribution in [0, 0.1) is 12.7 Å². The molecule has 0 aliphatic rings.